The Hall–Kier alpha value is -1.29. The van der Waals surface area contributed by atoms with Gasteiger partial charge < -0.3 is 10.6 Å². The predicted octanol–water partition coefficient (Wildman–Crippen LogP) is 2.97. The van der Waals surface area contributed by atoms with E-state index in [-0.39, 0.29) is 11.1 Å². The molecular weight excluding hydrogens is 262 g/mol. The first kappa shape index (κ1) is 14.1. The van der Waals surface area contributed by atoms with E-state index in [1.54, 1.807) is 6.07 Å². The predicted molar refractivity (Wildman–Crippen MR) is 77.2 cm³/mol. The molecule has 2 N–H and O–H groups in total. The van der Waals surface area contributed by atoms with Gasteiger partial charge in [-0.05, 0) is 24.3 Å². The molecule has 5 heteroatoms. The van der Waals surface area contributed by atoms with Gasteiger partial charge in [-0.1, -0.05) is 31.9 Å². The number of anilines is 1. The molecule has 0 unspecified atom stereocenters. The summed E-state index contributed by atoms with van der Waals surface area (Å²) in [6, 6.07) is 1.60. The Morgan fingerprint density at radius 2 is 2.16 bits per heavy atom. The van der Waals surface area contributed by atoms with Crippen molar-refractivity contribution in [2.75, 3.05) is 18.8 Å². The van der Waals surface area contributed by atoms with Gasteiger partial charge in [0.15, 0.2) is 0 Å². The normalized spacial score (nSPS) is 18.4. The van der Waals surface area contributed by atoms with Gasteiger partial charge in [0.05, 0.1) is 17.4 Å². The van der Waals surface area contributed by atoms with Crippen LogP contribution in [0, 0.1) is 5.41 Å². The van der Waals surface area contributed by atoms with E-state index in [9.17, 15) is 4.79 Å². The lowest BCUT2D eigenvalue weighted by molar-refractivity contribution is 0.0600. The number of carbonyl (C=O) groups excluding carboxylic acids is 1. The minimum absolute atomic E-state index is 0.0667. The molecule has 0 radical (unpaired) electrons. The molecule has 4 nitrogen and oxygen atoms in total. The first-order valence-corrected chi connectivity index (χ1v) is 7.03. The van der Waals surface area contributed by atoms with Gasteiger partial charge in [-0.2, -0.15) is 0 Å². The van der Waals surface area contributed by atoms with E-state index in [2.05, 4.69) is 18.8 Å². The summed E-state index contributed by atoms with van der Waals surface area (Å²) in [6.07, 6.45) is 4.67. The molecule has 1 aromatic heterocycles. The fourth-order valence-corrected chi connectivity index (χ4v) is 2.57. The van der Waals surface area contributed by atoms with E-state index in [1.807, 2.05) is 4.90 Å². The molecule has 0 spiro atoms. The minimum atomic E-state index is -0.0667. The number of halogens is 1. The van der Waals surface area contributed by atoms with Gasteiger partial charge in [-0.25, -0.2) is 4.98 Å². The zero-order valence-electron chi connectivity index (χ0n) is 11.4. The number of rotatable bonds is 2. The van der Waals surface area contributed by atoms with Crippen LogP contribution in [0.1, 0.15) is 43.5 Å². The molecular formula is C14H20ClN3O. The number of nitrogen functional groups attached to an aromatic ring is 1. The SMILES string of the molecule is CCC1(C)CCN(C(=O)c2cc(N)cnc2Cl)CC1. The van der Waals surface area contributed by atoms with Crippen LogP contribution < -0.4 is 5.73 Å². The Balaban J connectivity index is 2.11. The fraction of sp³-hybridized carbons (Fsp3) is 0.571. The highest BCUT2D eigenvalue weighted by molar-refractivity contribution is 6.32. The second-order valence-electron chi connectivity index (χ2n) is 5.56. The van der Waals surface area contributed by atoms with Crippen molar-refractivity contribution in [2.24, 2.45) is 5.41 Å². The Kier molecular flexibility index (Phi) is 3.99. The van der Waals surface area contributed by atoms with Crippen molar-refractivity contribution in [3.05, 3.63) is 23.0 Å². The second-order valence-corrected chi connectivity index (χ2v) is 5.92. The van der Waals surface area contributed by atoms with E-state index in [1.165, 1.54) is 6.20 Å². The van der Waals surface area contributed by atoms with E-state index in [0.717, 1.165) is 32.4 Å². The smallest absolute Gasteiger partial charge is 0.257 e. The van der Waals surface area contributed by atoms with E-state index >= 15 is 0 Å². The summed E-state index contributed by atoms with van der Waals surface area (Å²) < 4.78 is 0. The van der Waals surface area contributed by atoms with Crippen molar-refractivity contribution in [3.8, 4) is 0 Å². The third kappa shape index (κ3) is 3.00. The van der Waals surface area contributed by atoms with Crippen LogP contribution in [-0.2, 0) is 0 Å². The molecule has 1 aliphatic rings. The first-order chi connectivity index (χ1) is 8.95. The summed E-state index contributed by atoms with van der Waals surface area (Å²) in [6.45, 7) is 6.03. The Bertz CT molecular complexity index is 482. The second kappa shape index (κ2) is 5.37. The molecule has 2 rings (SSSR count). The van der Waals surface area contributed by atoms with Crippen LogP contribution in [-0.4, -0.2) is 28.9 Å². The average molecular weight is 282 g/mol. The van der Waals surface area contributed by atoms with Crippen LogP contribution in [0.3, 0.4) is 0 Å². The Labute approximate surface area is 118 Å². The fourth-order valence-electron chi connectivity index (χ4n) is 2.39. The van der Waals surface area contributed by atoms with Gasteiger partial charge in [-0.3, -0.25) is 4.79 Å². The molecule has 0 aromatic carbocycles. The minimum Gasteiger partial charge on any atom is -0.397 e. The quantitative estimate of drug-likeness (QED) is 0.848. The zero-order valence-corrected chi connectivity index (χ0v) is 12.2. The highest BCUT2D eigenvalue weighted by Crippen LogP contribution is 2.34. The van der Waals surface area contributed by atoms with Gasteiger partial charge in [0, 0.05) is 13.1 Å². The lowest BCUT2D eigenvalue weighted by atomic mass is 9.78. The lowest BCUT2D eigenvalue weighted by Gasteiger charge is -2.39. The van der Waals surface area contributed by atoms with Crippen LogP contribution in [0.2, 0.25) is 5.15 Å². The van der Waals surface area contributed by atoms with Crippen LogP contribution in [0.4, 0.5) is 5.69 Å². The molecule has 1 amide bonds. The molecule has 0 bridgehead atoms. The molecule has 104 valence electrons. The number of nitrogens with zero attached hydrogens (tertiary/aromatic N) is 2. The van der Waals surface area contributed by atoms with Crippen LogP contribution in [0.25, 0.3) is 0 Å². The summed E-state index contributed by atoms with van der Waals surface area (Å²) in [7, 11) is 0. The third-order valence-electron chi connectivity index (χ3n) is 4.20. The van der Waals surface area contributed by atoms with Crippen molar-refractivity contribution in [2.45, 2.75) is 33.1 Å². The van der Waals surface area contributed by atoms with Crippen molar-refractivity contribution in [1.29, 1.82) is 0 Å². The van der Waals surface area contributed by atoms with Gasteiger partial charge in [-0.15, -0.1) is 0 Å². The Morgan fingerprint density at radius 3 is 2.74 bits per heavy atom. The maximum atomic E-state index is 12.4. The topological polar surface area (TPSA) is 59.2 Å². The van der Waals surface area contributed by atoms with E-state index in [0.29, 0.717) is 16.7 Å². The number of hydrogen-bond donors (Lipinski definition) is 1. The molecule has 0 atom stereocenters. The van der Waals surface area contributed by atoms with Crippen molar-refractivity contribution in [3.63, 3.8) is 0 Å². The van der Waals surface area contributed by atoms with Crippen LogP contribution in [0.5, 0.6) is 0 Å². The summed E-state index contributed by atoms with van der Waals surface area (Å²) in [4.78, 5) is 18.2. The molecule has 2 heterocycles. The van der Waals surface area contributed by atoms with Gasteiger partial charge in [0.1, 0.15) is 5.15 Å². The molecule has 1 aromatic rings. The number of piperidine rings is 1. The number of hydrogen-bond acceptors (Lipinski definition) is 3. The number of likely N-dealkylation sites (tertiary alicyclic amines) is 1. The molecule has 1 aliphatic heterocycles. The standard InChI is InChI=1S/C14H20ClN3O/c1-3-14(2)4-6-18(7-5-14)13(19)11-8-10(16)9-17-12(11)15/h8-9H,3-7,16H2,1-2H3. The highest BCUT2D eigenvalue weighted by atomic mass is 35.5. The average Bonchev–Trinajstić information content (AvgIpc) is 2.42. The van der Waals surface area contributed by atoms with Crippen LogP contribution >= 0.6 is 11.6 Å². The maximum absolute atomic E-state index is 12.4. The van der Waals surface area contributed by atoms with Crippen molar-refractivity contribution < 1.29 is 4.79 Å². The number of aromatic nitrogens is 1. The molecule has 1 saturated heterocycles. The van der Waals surface area contributed by atoms with Gasteiger partial charge in [0.25, 0.3) is 5.91 Å². The first-order valence-electron chi connectivity index (χ1n) is 6.65. The van der Waals surface area contributed by atoms with Gasteiger partial charge in [0.2, 0.25) is 0 Å². The molecule has 0 saturated carbocycles. The summed E-state index contributed by atoms with van der Waals surface area (Å²) in [5.41, 5.74) is 6.89. The molecule has 19 heavy (non-hydrogen) atoms. The van der Waals surface area contributed by atoms with Gasteiger partial charge >= 0.3 is 0 Å². The monoisotopic (exact) mass is 281 g/mol. The number of amides is 1. The van der Waals surface area contributed by atoms with E-state index < -0.39 is 0 Å². The molecule has 0 aliphatic carbocycles. The van der Waals surface area contributed by atoms with Crippen molar-refractivity contribution in [1.82, 2.24) is 9.88 Å². The third-order valence-corrected chi connectivity index (χ3v) is 4.50. The number of pyridine rings is 1. The lowest BCUT2D eigenvalue weighted by Crippen LogP contribution is -2.42. The molecule has 1 fully saturated rings. The largest absolute Gasteiger partial charge is 0.397 e. The number of carbonyl (C=O) groups is 1. The van der Waals surface area contributed by atoms with Crippen molar-refractivity contribution >= 4 is 23.2 Å². The summed E-state index contributed by atoms with van der Waals surface area (Å²) in [5.74, 6) is -0.0667. The maximum Gasteiger partial charge on any atom is 0.257 e. The number of nitrogens with two attached hydrogens (primary N) is 1. The zero-order chi connectivity index (χ0) is 14.0. The Morgan fingerprint density at radius 1 is 1.53 bits per heavy atom. The van der Waals surface area contributed by atoms with E-state index in [4.69, 9.17) is 17.3 Å². The van der Waals surface area contributed by atoms with Crippen LogP contribution in [0.15, 0.2) is 12.3 Å². The summed E-state index contributed by atoms with van der Waals surface area (Å²) in [5, 5.41) is 0.225. The highest BCUT2D eigenvalue weighted by Gasteiger charge is 2.31. The summed E-state index contributed by atoms with van der Waals surface area (Å²) >= 11 is 5.98.